The van der Waals surface area contributed by atoms with E-state index in [0.29, 0.717) is 40.5 Å². The first kappa shape index (κ1) is 23.5. The molecule has 5 aromatic rings. The first-order valence-corrected chi connectivity index (χ1v) is 12.1. The van der Waals surface area contributed by atoms with Gasteiger partial charge >= 0.3 is 0 Å². The van der Waals surface area contributed by atoms with E-state index in [4.69, 9.17) is 17.3 Å². The molecule has 9 nitrogen and oxygen atoms in total. The van der Waals surface area contributed by atoms with Gasteiger partial charge in [-0.05, 0) is 48.2 Å². The van der Waals surface area contributed by atoms with Crippen molar-refractivity contribution in [2.24, 2.45) is 7.05 Å². The van der Waals surface area contributed by atoms with E-state index in [9.17, 15) is 14.6 Å². The maximum Gasteiger partial charge on any atom is 0.144 e. The molecule has 6 rings (SSSR count). The number of pyridine rings is 1. The Bertz CT molecular complexity index is 1700. The highest BCUT2D eigenvalue weighted by atomic mass is 35.5. The van der Waals surface area contributed by atoms with Gasteiger partial charge in [0, 0.05) is 35.8 Å². The molecule has 0 bridgehead atoms. The minimum Gasteiger partial charge on any atom is -0.388 e. The van der Waals surface area contributed by atoms with Crippen LogP contribution in [0, 0.1) is 5.82 Å². The van der Waals surface area contributed by atoms with Gasteiger partial charge < -0.3 is 20.5 Å². The number of fused-ring (bicyclic) bond motifs is 2. The quantitative estimate of drug-likeness (QED) is 0.303. The van der Waals surface area contributed by atoms with E-state index in [0.717, 1.165) is 16.6 Å². The average molecular weight is 520 g/mol. The third kappa shape index (κ3) is 4.03. The molecule has 0 saturated heterocycles. The molecule has 0 radical (unpaired) electrons. The Hall–Kier alpha value is -3.86. The number of aromatic nitrogens is 6. The van der Waals surface area contributed by atoms with Crippen molar-refractivity contribution >= 4 is 39.4 Å². The number of hydrogen-bond donors (Lipinski definition) is 3. The Morgan fingerprint density at radius 2 is 1.97 bits per heavy atom. The summed E-state index contributed by atoms with van der Waals surface area (Å²) < 4.78 is 18.2. The lowest BCUT2D eigenvalue weighted by Crippen LogP contribution is -2.29. The zero-order valence-electron chi connectivity index (χ0n) is 19.8. The highest BCUT2D eigenvalue weighted by Gasteiger charge is 2.36. The molecular formula is C26H23ClFN7O2. The van der Waals surface area contributed by atoms with Crippen LogP contribution in [0.5, 0.6) is 0 Å². The van der Waals surface area contributed by atoms with Crippen LogP contribution in [0.4, 0.5) is 10.2 Å². The Kier molecular flexibility index (Phi) is 5.67. The van der Waals surface area contributed by atoms with Crippen LogP contribution >= 0.6 is 11.6 Å². The molecule has 1 aliphatic carbocycles. The SMILES string of the molecule is Cn1cc(-c2ncnc3c2ccn3[C@@H]2C=C(CCc3cc(F)c4cc(Cl)c(N)nc4c3)[C@@H](O)[C@H]2O)cn1. The summed E-state index contributed by atoms with van der Waals surface area (Å²) in [5, 5.41) is 27.3. The molecule has 0 fully saturated rings. The second-order valence-corrected chi connectivity index (χ2v) is 9.66. The third-order valence-electron chi connectivity index (χ3n) is 6.87. The van der Waals surface area contributed by atoms with Gasteiger partial charge in [0.2, 0.25) is 0 Å². The third-order valence-corrected chi connectivity index (χ3v) is 7.18. The molecular weight excluding hydrogens is 497 g/mol. The molecule has 0 amide bonds. The standard InChI is InChI=1S/C26H23ClFN7O2/c1-34-11-15(10-32-34)22-16-4-5-35(26(16)31-12-30-22)21-8-14(23(36)24(21)37)3-2-13-6-19(28)17-9-18(27)25(29)33-20(17)7-13/h4-12,21,23-24,36-37H,2-3H2,1H3,(H2,29,33)/t21-,23-,24+/m1/s1. The number of nitrogens with two attached hydrogens (primary N) is 1. The van der Waals surface area contributed by atoms with Gasteiger partial charge in [-0.25, -0.2) is 19.3 Å². The highest BCUT2D eigenvalue weighted by Crippen LogP contribution is 2.36. The summed E-state index contributed by atoms with van der Waals surface area (Å²) in [6.45, 7) is 0. The van der Waals surface area contributed by atoms with Gasteiger partial charge in [0.05, 0.1) is 28.5 Å². The topological polar surface area (TPSA) is 128 Å². The van der Waals surface area contributed by atoms with Crippen molar-refractivity contribution in [1.82, 2.24) is 29.3 Å². The smallest absolute Gasteiger partial charge is 0.144 e. The van der Waals surface area contributed by atoms with Gasteiger partial charge in [0.1, 0.15) is 35.8 Å². The summed E-state index contributed by atoms with van der Waals surface area (Å²) in [4.78, 5) is 13.1. The molecule has 1 aromatic carbocycles. The largest absolute Gasteiger partial charge is 0.388 e. The summed E-state index contributed by atoms with van der Waals surface area (Å²) in [6.07, 6.45) is 7.54. The minimum atomic E-state index is -1.06. The Morgan fingerprint density at radius 1 is 1.14 bits per heavy atom. The lowest BCUT2D eigenvalue weighted by atomic mass is 10.0. The number of aliphatic hydroxyl groups excluding tert-OH is 2. The summed E-state index contributed by atoms with van der Waals surface area (Å²) in [5.41, 5.74) is 9.81. The monoisotopic (exact) mass is 519 g/mol. The van der Waals surface area contributed by atoms with E-state index in [2.05, 4.69) is 20.1 Å². The Balaban J connectivity index is 1.28. The van der Waals surface area contributed by atoms with Gasteiger partial charge in [-0.15, -0.1) is 0 Å². The predicted molar refractivity (Wildman–Crippen MR) is 138 cm³/mol. The van der Waals surface area contributed by atoms with Crippen LogP contribution in [0.15, 0.2) is 60.8 Å². The van der Waals surface area contributed by atoms with E-state index < -0.39 is 24.1 Å². The lowest BCUT2D eigenvalue weighted by Gasteiger charge is -2.19. The van der Waals surface area contributed by atoms with Crippen molar-refractivity contribution < 1.29 is 14.6 Å². The van der Waals surface area contributed by atoms with Gasteiger partial charge in [-0.2, -0.15) is 5.10 Å². The summed E-state index contributed by atoms with van der Waals surface area (Å²) in [5.74, 6) is -0.302. The predicted octanol–water partition coefficient (Wildman–Crippen LogP) is 3.59. The van der Waals surface area contributed by atoms with Crippen molar-refractivity contribution in [2.45, 2.75) is 31.1 Å². The van der Waals surface area contributed by atoms with Crippen LogP contribution < -0.4 is 5.73 Å². The molecule has 3 atom stereocenters. The van der Waals surface area contributed by atoms with Crippen molar-refractivity contribution in [3.8, 4) is 11.3 Å². The summed E-state index contributed by atoms with van der Waals surface area (Å²) in [6, 6.07) is 6.04. The number of nitrogen functional groups attached to an aromatic ring is 1. The second kappa shape index (κ2) is 8.91. The fourth-order valence-electron chi connectivity index (χ4n) is 4.99. The second-order valence-electron chi connectivity index (χ2n) is 9.25. The number of benzene rings is 1. The van der Waals surface area contributed by atoms with Crippen LogP contribution in [-0.4, -0.2) is 51.7 Å². The first-order valence-electron chi connectivity index (χ1n) is 11.7. The minimum absolute atomic E-state index is 0.139. The fraction of sp³-hybridized carbons (Fsp3) is 0.231. The Morgan fingerprint density at radius 3 is 2.76 bits per heavy atom. The lowest BCUT2D eigenvalue weighted by molar-refractivity contribution is 0.0317. The van der Waals surface area contributed by atoms with Gasteiger partial charge in [-0.1, -0.05) is 17.7 Å². The van der Waals surface area contributed by atoms with Crippen molar-refractivity contribution in [1.29, 1.82) is 0 Å². The van der Waals surface area contributed by atoms with Gasteiger partial charge in [0.25, 0.3) is 0 Å². The number of halogens is 2. The zero-order valence-corrected chi connectivity index (χ0v) is 20.5. The highest BCUT2D eigenvalue weighted by molar-refractivity contribution is 6.33. The zero-order chi connectivity index (χ0) is 25.8. The van der Waals surface area contributed by atoms with Crippen molar-refractivity contribution in [3.63, 3.8) is 0 Å². The maximum absolute atomic E-state index is 14.7. The first-order chi connectivity index (χ1) is 17.8. The molecule has 0 spiro atoms. The van der Waals surface area contributed by atoms with E-state index in [1.165, 1.54) is 18.5 Å². The van der Waals surface area contributed by atoms with Crippen molar-refractivity contribution in [3.05, 3.63) is 77.2 Å². The molecule has 0 saturated carbocycles. The van der Waals surface area contributed by atoms with Crippen LogP contribution in [0.25, 0.3) is 33.2 Å². The van der Waals surface area contributed by atoms with Crippen LogP contribution in [0.1, 0.15) is 18.0 Å². The number of aryl methyl sites for hydroxylation is 2. The molecule has 37 heavy (non-hydrogen) atoms. The van der Waals surface area contributed by atoms with E-state index >= 15 is 0 Å². The van der Waals surface area contributed by atoms with Crippen LogP contribution in [-0.2, 0) is 13.5 Å². The number of aliphatic hydroxyl groups is 2. The molecule has 4 aromatic heterocycles. The fourth-order valence-corrected chi connectivity index (χ4v) is 5.15. The maximum atomic E-state index is 14.7. The molecule has 0 unspecified atom stereocenters. The molecule has 11 heteroatoms. The molecule has 4 N–H and O–H groups in total. The Labute approximate surface area is 215 Å². The average Bonchev–Trinajstić information content (AvgIpc) is 3.57. The van der Waals surface area contributed by atoms with E-state index in [1.807, 2.05) is 36.2 Å². The summed E-state index contributed by atoms with van der Waals surface area (Å²) >= 11 is 5.98. The van der Waals surface area contributed by atoms with Gasteiger partial charge in [-0.3, -0.25) is 4.68 Å². The van der Waals surface area contributed by atoms with E-state index in [1.54, 1.807) is 16.9 Å². The molecule has 188 valence electrons. The number of rotatable bonds is 5. The van der Waals surface area contributed by atoms with Crippen LogP contribution in [0.3, 0.4) is 0 Å². The van der Waals surface area contributed by atoms with Crippen molar-refractivity contribution in [2.75, 3.05) is 5.73 Å². The molecule has 4 heterocycles. The number of nitrogens with zero attached hydrogens (tertiary/aromatic N) is 6. The number of anilines is 1. The number of hydrogen-bond acceptors (Lipinski definition) is 7. The summed E-state index contributed by atoms with van der Waals surface area (Å²) in [7, 11) is 1.84. The van der Waals surface area contributed by atoms with Gasteiger partial charge in [0.15, 0.2) is 0 Å². The molecule has 1 aliphatic rings. The normalized spacial score (nSPS) is 19.7. The molecule has 0 aliphatic heterocycles. The van der Waals surface area contributed by atoms with Crippen LogP contribution in [0.2, 0.25) is 5.02 Å². The van der Waals surface area contributed by atoms with E-state index in [-0.39, 0.29) is 10.8 Å².